The van der Waals surface area contributed by atoms with E-state index in [2.05, 4.69) is 4.90 Å². The topological polar surface area (TPSA) is 60.9 Å². The first-order valence-electron chi connectivity index (χ1n) is 7.64. The van der Waals surface area contributed by atoms with Crippen LogP contribution in [0.1, 0.15) is 25.7 Å². The van der Waals surface area contributed by atoms with Crippen molar-refractivity contribution in [3.05, 3.63) is 23.2 Å². The number of hydrogen-bond acceptors (Lipinski definition) is 3. The SMILES string of the molecule is O=C(O)[C@@H]1CC(=O)N(c2ccc(N3CCCCC3)c(Cl)c2)C1. The number of amides is 1. The minimum atomic E-state index is -0.924. The molecule has 0 spiro atoms. The summed E-state index contributed by atoms with van der Waals surface area (Å²) in [5.41, 5.74) is 1.67. The van der Waals surface area contributed by atoms with Gasteiger partial charge in [0.1, 0.15) is 0 Å². The van der Waals surface area contributed by atoms with Gasteiger partial charge in [-0.15, -0.1) is 0 Å². The van der Waals surface area contributed by atoms with Gasteiger partial charge in [-0.1, -0.05) is 11.6 Å². The lowest BCUT2D eigenvalue weighted by atomic mass is 10.1. The van der Waals surface area contributed by atoms with Gasteiger partial charge in [-0.25, -0.2) is 0 Å². The first kappa shape index (κ1) is 15.2. The molecule has 0 bridgehead atoms. The predicted octanol–water partition coefficient (Wildman–Crippen LogP) is 2.77. The van der Waals surface area contributed by atoms with E-state index in [0.717, 1.165) is 18.8 Å². The van der Waals surface area contributed by atoms with Crippen molar-refractivity contribution in [1.29, 1.82) is 0 Å². The monoisotopic (exact) mass is 322 g/mol. The van der Waals surface area contributed by atoms with Crippen LogP contribution in [0.15, 0.2) is 18.2 Å². The summed E-state index contributed by atoms with van der Waals surface area (Å²) in [7, 11) is 0. The van der Waals surface area contributed by atoms with Crippen molar-refractivity contribution >= 4 is 34.9 Å². The van der Waals surface area contributed by atoms with Gasteiger partial charge in [0, 0.05) is 31.7 Å². The van der Waals surface area contributed by atoms with Gasteiger partial charge in [0.25, 0.3) is 0 Å². The molecule has 2 heterocycles. The van der Waals surface area contributed by atoms with E-state index < -0.39 is 11.9 Å². The van der Waals surface area contributed by atoms with Crippen LogP contribution in [0.5, 0.6) is 0 Å². The Morgan fingerprint density at radius 2 is 1.95 bits per heavy atom. The summed E-state index contributed by atoms with van der Waals surface area (Å²) in [5, 5.41) is 9.67. The van der Waals surface area contributed by atoms with Crippen LogP contribution in [0.25, 0.3) is 0 Å². The van der Waals surface area contributed by atoms with Gasteiger partial charge in [0.15, 0.2) is 0 Å². The molecule has 0 unspecified atom stereocenters. The molecule has 2 saturated heterocycles. The number of carbonyl (C=O) groups is 2. The van der Waals surface area contributed by atoms with E-state index in [1.807, 2.05) is 12.1 Å². The standard InChI is InChI=1S/C16H19ClN2O3/c17-13-9-12(19-10-11(16(21)22)8-15(19)20)4-5-14(13)18-6-2-1-3-7-18/h4-5,9,11H,1-3,6-8,10H2,(H,21,22)/t11-/m1/s1. The summed E-state index contributed by atoms with van der Waals surface area (Å²) in [5.74, 6) is -1.71. The molecular formula is C16H19ClN2O3. The normalized spacial score (nSPS) is 22.2. The van der Waals surface area contributed by atoms with Crippen molar-refractivity contribution in [1.82, 2.24) is 0 Å². The lowest BCUT2D eigenvalue weighted by Crippen LogP contribution is -2.30. The van der Waals surface area contributed by atoms with E-state index in [-0.39, 0.29) is 18.9 Å². The second-order valence-corrected chi connectivity index (χ2v) is 6.33. The zero-order valence-electron chi connectivity index (χ0n) is 12.3. The van der Waals surface area contributed by atoms with Crippen molar-refractivity contribution in [3.8, 4) is 0 Å². The molecule has 5 nitrogen and oxygen atoms in total. The number of benzene rings is 1. The lowest BCUT2D eigenvalue weighted by Gasteiger charge is -2.30. The molecule has 118 valence electrons. The number of halogens is 1. The molecule has 2 fully saturated rings. The first-order chi connectivity index (χ1) is 10.6. The molecule has 0 aliphatic carbocycles. The molecule has 6 heteroatoms. The summed E-state index contributed by atoms with van der Waals surface area (Å²) in [6.07, 6.45) is 3.65. The van der Waals surface area contributed by atoms with E-state index in [1.165, 1.54) is 24.2 Å². The molecule has 1 atom stereocenters. The Kier molecular flexibility index (Phi) is 4.25. The van der Waals surface area contributed by atoms with Crippen molar-refractivity contribution in [2.45, 2.75) is 25.7 Å². The highest BCUT2D eigenvalue weighted by molar-refractivity contribution is 6.33. The number of rotatable bonds is 3. The molecule has 1 aromatic rings. The van der Waals surface area contributed by atoms with Crippen LogP contribution in [0.2, 0.25) is 5.02 Å². The Hall–Kier alpha value is -1.75. The fourth-order valence-electron chi connectivity index (χ4n) is 3.18. The Labute approximate surface area is 134 Å². The third-order valence-corrected chi connectivity index (χ3v) is 4.72. The Bertz CT molecular complexity index is 599. The van der Waals surface area contributed by atoms with E-state index in [0.29, 0.717) is 10.7 Å². The molecule has 1 N–H and O–H groups in total. The van der Waals surface area contributed by atoms with Gasteiger partial charge >= 0.3 is 5.97 Å². The van der Waals surface area contributed by atoms with E-state index in [1.54, 1.807) is 6.07 Å². The number of carboxylic acid groups (broad SMARTS) is 1. The van der Waals surface area contributed by atoms with Gasteiger partial charge in [0.2, 0.25) is 5.91 Å². The molecule has 0 aromatic heterocycles. The molecular weight excluding hydrogens is 304 g/mol. The quantitative estimate of drug-likeness (QED) is 0.929. The van der Waals surface area contributed by atoms with Crippen LogP contribution < -0.4 is 9.80 Å². The zero-order valence-corrected chi connectivity index (χ0v) is 13.1. The van der Waals surface area contributed by atoms with Crippen molar-refractivity contribution in [2.75, 3.05) is 29.4 Å². The third-order valence-electron chi connectivity index (χ3n) is 4.41. The number of nitrogens with zero attached hydrogens (tertiary/aromatic N) is 2. The van der Waals surface area contributed by atoms with Gasteiger partial charge in [-0.2, -0.15) is 0 Å². The van der Waals surface area contributed by atoms with Gasteiger partial charge in [0.05, 0.1) is 16.6 Å². The van der Waals surface area contributed by atoms with Crippen molar-refractivity contribution in [2.24, 2.45) is 5.92 Å². The third kappa shape index (κ3) is 2.90. The molecule has 1 aromatic carbocycles. The summed E-state index contributed by atoms with van der Waals surface area (Å²) in [4.78, 5) is 26.8. The smallest absolute Gasteiger partial charge is 0.308 e. The second kappa shape index (κ2) is 6.16. The summed E-state index contributed by atoms with van der Waals surface area (Å²) >= 11 is 6.39. The second-order valence-electron chi connectivity index (χ2n) is 5.93. The maximum Gasteiger partial charge on any atom is 0.308 e. The fourth-order valence-corrected chi connectivity index (χ4v) is 3.47. The summed E-state index contributed by atoms with van der Waals surface area (Å²) < 4.78 is 0. The summed E-state index contributed by atoms with van der Waals surface area (Å²) in [6.45, 7) is 2.22. The number of carbonyl (C=O) groups excluding carboxylic acids is 1. The molecule has 1 amide bonds. The minimum Gasteiger partial charge on any atom is -0.481 e. The fraction of sp³-hybridized carbons (Fsp3) is 0.500. The highest BCUT2D eigenvalue weighted by Crippen LogP contribution is 2.34. The summed E-state index contributed by atoms with van der Waals surface area (Å²) in [6, 6.07) is 5.57. The highest BCUT2D eigenvalue weighted by Gasteiger charge is 2.35. The average Bonchev–Trinajstić information content (AvgIpc) is 2.90. The molecule has 2 aliphatic rings. The van der Waals surface area contributed by atoms with Crippen LogP contribution in [0.4, 0.5) is 11.4 Å². The number of carboxylic acids is 1. The molecule has 0 radical (unpaired) electrons. The Balaban J connectivity index is 1.80. The predicted molar refractivity (Wildman–Crippen MR) is 85.6 cm³/mol. The molecule has 0 saturated carbocycles. The van der Waals surface area contributed by atoms with Crippen LogP contribution in [-0.4, -0.2) is 36.6 Å². The maximum atomic E-state index is 12.0. The Morgan fingerprint density at radius 1 is 1.23 bits per heavy atom. The van der Waals surface area contributed by atoms with Crippen molar-refractivity contribution < 1.29 is 14.7 Å². The number of aliphatic carboxylic acids is 1. The van der Waals surface area contributed by atoms with Gasteiger partial charge in [-0.3, -0.25) is 9.59 Å². The van der Waals surface area contributed by atoms with Gasteiger partial charge < -0.3 is 14.9 Å². The Morgan fingerprint density at radius 3 is 2.55 bits per heavy atom. The average molecular weight is 323 g/mol. The van der Waals surface area contributed by atoms with Crippen LogP contribution in [0.3, 0.4) is 0 Å². The molecule has 3 rings (SSSR count). The van der Waals surface area contributed by atoms with Crippen LogP contribution in [-0.2, 0) is 9.59 Å². The number of piperidine rings is 1. The molecule has 22 heavy (non-hydrogen) atoms. The van der Waals surface area contributed by atoms with E-state index in [9.17, 15) is 9.59 Å². The lowest BCUT2D eigenvalue weighted by molar-refractivity contribution is -0.141. The largest absolute Gasteiger partial charge is 0.481 e. The highest BCUT2D eigenvalue weighted by atomic mass is 35.5. The number of anilines is 2. The zero-order chi connectivity index (χ0) is 15.7. The van der Waals surface area contributed by atoms with E-state index >= 15 is 0 Å². The van der Waals surface area contributed by atoms with Gasteiger partial charge in [-0.05, 0) is 37.5 Å². The first-order valence-corrected chi connectivity index (χ1v) is 8.02. The minimum absolute atomic E-state index is 0.0564. The van der Waals surface area contributed by atoms with Crippen LogP contribution >= 0.6 is 11.6 Å². The van der Waals surface area contributed by atoms with E-state index in [4.69, 9.17) is 16.7 Å². The molecule has 2 aliphatic heterocycles. The van der Waals surface area contributed by atoms with Crippen LogP contribution in [0, 0.1) is 5.92 Å². The van der Waals surface area contributed by atoms with Crippen molar-refractivity contribution in [3.63, 3.8) is 0 Å². The maximum absolute atomic E-state index is 12.0. The number of hydrogen-bond donors (Lipinski definition) is 1.